The van der Waals surface area contributed by atoms with Crippen LogP contribution in [0.25, 0.3) is 10.2 Å². The normalized spacial score (nSPS) is 31.5. The average molecular weight is 248 g/mol. The van der Waals surface area contributed by atoms with Crippen LogP contribution in [0.15, 0.2) is 18.2 Å². The van der Waals surface area contributed by atoms with Crippen molar-refractivity contribution in [3.8, 4) is 0 Å². The molecular formula is C13H13FN2S. The third kappa shape index (κ3) is 1.51. The number of rotatable bonds is 1. The number of nitrogens with one attached hydrogen (secondary N) is 1. The molecule has 2 aromatic rings. The number of hydrogen-bond acceptors (Lipinski definition) is 3. The molecule has 2 saturated heterocycles. The summed E-state index contributed by atoms with van der Waals surface area (Å²) in [7, 11) is 0. The fraction of sp³-hybridized carbons (Fsp3) is 0.462. The number of aromatic nitrogens is 1. The van der Waals surface area contributed by atoms with Crippen molar-refractivity contribution >= 4 is 21.6 Å². The molecule has 1 aromatic carbocycles. The van der Waals surface area contributed by atoms with Gasteiger partial charge in [-0.15, -0.1) is 11.3 Å². The van der Waals surface area contributed by atoms with Crippen molar-refractivity contribution < 1.29 is 4.39 Å². The molecule has 0 saturated carbocycles. The summed E-state index contributed by atoms with van der Waals surface area (Å²) in [5.41, 5.74) is 0.813. The second-order valence-electron chi connectivity index (χ2n) is 5.05. The molecule has 3 heterocycles. The summed E-state index contributed by atoms with van der Waals surface area (Å²) in [5.74, 6) is 0.356. The maximum absolute atomic E-state index is 13.1. The van der Waals surface area contributed by atoms with Gasteiger partial charge in [-0.2, -0.15) is 0 Å². The van der Waals surface area contributed by atoms with Crippen LogP contribution in [0.2, 0.25) is 0 Å². The average Bonchev–Trinajstić information content (AvgIpc) is 3.01. The highest BCUT2D eigenvalue weighted by Crippen LogP contribution is 2.42. The molecule has 2 aliphatic rings. The van der Waals surface area contributed by atoms with E-state index in [1.54, 1.807) is 11.3 Å². The van der Waals surface area contributed by atoms with Gasteiger partial charge in [-0.05, 0) is 31.4 Å². The standard InChI is InChI=1S/C13H13FN2S/c14-7-1-4-12-11(5-7)16-13(17-12)9-6-8-2-3-10(9)15-8/h1,4-5,8-10,15H,2-3,6H2. The first-order valence-electron chi connectivity index (χ1n) is 6.11. The SMILES string of the molecule is Fc1ccc2sc(C3CC4CCC3N4)nc2c1. The van der Waals surface area contributed by atoms with E-state index in [1.165, 1.54) is 36.4 Å². The number of fused-ring (bicyclic) bond motifs is 3. The van der Waals surface area contributed by atoms with Gasteiger partial charge in [-0.1, -0.05) is 0 Å². The van der Waals surface area contributed by atoms with E-state index in [2.05, 4.69) is 10.3 Å². The maximum Gasteiger partial charge on any atom is 0.125 e. The Bertz CT molecular complexity index is 580. The van der Waals surface area contributed by atoms with E-state index in [4.69, 9.17) is 0 Å². The van der Waals surface area contributed by atoms with Crippen molar-refractivity contribution in [2.24, 2.45) is 0 Å². The molecular weight excluding hydrogens is 235 g/mol. The van der Waals surface area contributed by atoms with Crippen molar-refractivity contribution in [2.75, 3.05) is 0 Å². The van der Waals surface area contributed by atoms with Gasteiger partial charge in [0, 0.05) is 24.1 Å². The van der Waals surface area contributed by atoms with Gasteiger partial charge in [0.05, 0.1) is 15.2 Å². The summed E-state index contributed by atoms with van der Waals surface area (Å²) in [5, 5.41) is 4.81. The molecule has 3 atom stereocenters. The van der Waals surface area contributed by atoms with Gasteiger partial charge in [-0.3, -0.25) is 0 Å². The van der Waals surface area contributed by atoms with E-state index in [9.17, 15) is 4.39 Å². The predicted octanol–water partition coefficient (Wildman–Crippen LogP) is 3.04. The van der Waals surface area contributed by atoms with Crippen molar-refractivity contribution in [3.05, 3.63) is 29.0 Å². The minimum Gasteiger partial charge on any atom is -0.311 e. The Kier molecular flexibility index (Phi) is 2.05. The lowest BCUT2D eigenvalue weighted by molar-refractivity contribution is 0.505. The van der Waals surface area contributed by atoms with Crippen LogP contribution in [0.1, 0.15) is 30.2 Å². The number of halogens is 1. The highest BCUT2D eigenvalue weighted by atomic mass is 32.1. The number of nitrogens with zero attached hydrogens (tertiary/aromatic N) is 1. The topological polar surface area (TPSA) is 24.9 Å². The molecule has 4 rings (SSSR count). The third-order valence-corrected chi connectivity index (χ3v) is 5.15. The molecule has 17 heavy (non-hydrogen) atoms. The second-order valence-corrected chi connectivity index (χ2v) is 6.12. The van der Waals surface area contributed by atoms with Crippen LogP contribution >= 0.6 is 11.3 Å². The Morgan fingerprint density at radius 1 is 1.35 bits per heavy atom. The van der Waals surface area contributed by atoms with Crippen LogP contribution < -0.4 is 5.32 Å². The van der Waals surface area contributed by atoms with E-state index in [1.807, 2.05) is 6.07 Å². The largest absolute Gasteiger partial charge is 0.311 e. The molecule has 0 amide bonds. The lowest BCUT2D eigenvalue weighted by Crippen LogP contribution is -2.21. The molecule has 2 bridgehead atoms. The minimum atomic E-state index is -0.194. The Balaban J connectivity index is 1.76. The molecule has 88 valence electrons. The Labute approximate surface area is 103 Å². The molecule has 0 spiro atoms. The fourth-order valence-corrected chi connectivity index (χ4v) is 4.30. The van der Waals surface area contributed by atoms with E-state index < -0.39 is 0 Å². The molecule has 2 nitrogen and oxygen atoms in total. The zero-order valence-electron chi connectivity index (χ0n) is 9.32. The predicted molar refractivity (Wildman–Crippen MR) is 66.9 cm³/mol. The molecule has 2 aliphatic heterocycles. The fourth-order valence-electron chi connectivity index (χ4n) is 3.17. The van der Waals surface area contributed by atoms with Crippen LogP contribution in [0, 0.1) is 5.82 Å². The number of thiazole rings is 1. The highest BCUT2D eigenvalue weighted by Gasteiger charge is 2.41. The first-order valence-corrected chi connectivity index (χ1v) is 6.93. The Hall–Kier alpha value is -1.00. The molecule has 1 N–H and O–H groups in total. The van der Waals surface area contributed by atoms with Crippen LogP contribution in [0.5, 0.6) is 0 Å². The molecule has 0 radical (unpaired) electrons. The molecule has 4 heteroatoms. The van der Waals surface area contributed by atoms with Gasteiger partial charge in [0.2, 0.25) is 0 Å². The van der Waals surface area contributed by atoms with Crippen LogP contribution in [0.4, 0.5) is 4.39 Å². The van der Waals surface area contributed by atoms with Crippen LogP contribution in [-0.4, -0.2) is 17.1 Å². The molecule has 2 fully saturated rings. The maximum atomic E-state index is 13.1. The quantitative estimate of drug-likeness (QED) is 0.839. The zero-order chi connectivity index (χ0) is 11.4. The summed E-state index contributed by atoms with van der Waals surface area (Å²) in [6.07, 6.45) is 3.77. The van der Waals surface area contributed by atoms with Gasteiger partial charge < -0.3 is 5.32 Å². The number of hydrogen-bond donors (Lipinski definition) is 1. The Morgan fingerprint density at radius 3 is 3.06 bits per heavy atom. The van der Waals surface area contributed by atoms with Gasteiger partial charge in [-0.25, -0.2) is 9.37 Å². The summed E-state index contributed by atoms with van der Waals surface area (Å²) >= 11 is 1.73. The summed E-state index contributed by atoms with van der Waals surface area (Å²) in [4.78, 5) is 4.61. The van der Waals surface area contributed by atoms with Crippen molar-refractivity contribution in [2.45, 2.75) is 37.3 Å². The highest BCUT2D eigenvalue weighted by molar-refractivity contribution is 7.18. The molecule has 1 aromatic heterocycles. The zero-order valence-corrected chi connectivity index (χ0v) is 10.1. The van der Waals surface area contributed by atoms with Gasteiger partial charge in [0.25, 0.3) is 0 Å². The summed E-state index contributed by atoms with van der Waals surface area (Å²) < 4.78 is 14.2. The monoisotopic (exact) mass is 248 g/mol. The van der Waals surface area contributed by atoms with E-state index >= 15 is 0 Å². The van der Waals surface area contributed by atoms with E-state index in [0.29, 0.717) is 18.0 Å². The third-order valence-electron chi connectivity index (χ3n) is 3.98. The first-order chi connectivity index (χ1) is 8.29. The minimum absolute atomic E-state index is 0.194. The van der Waals surface area contributed by atoms with E-state index in [-0.39, 0.29) is 5.82 Å². The molecule has 3 unspecified atom stereocenters. The van der Waals surface area contributed by atoms with Crippen molar-refractivity contribution in [1.29, 1.82) is 0 Å². The van der Waals surface area contributed by atoms with E-state index in [0.717, 1.165) is 10.2 Å². The second kappa shape index (κ2) is 3.50. The van der Waals surface area contributed by atoms with Crippen LogP contribution in [-0.2, 0) is 0 Å². The first kappa shape index (κ1) is 9.97. The molecule has 0 aliphatic carbocycles. The smallest absolute Gasteiger partial charge is 0.125 e. The van der Waals surface area contributed by atoms with Gasteiger partial charge in [0.15, 0.2) is 0 Å². The van der Waals surface area contributed by atoms with Crippen molar-refractivity contribution in [1.82, 2.24) is 10.3 Å². The number of benzene rings is 1. The van der Waals surface area contributed by atoms with Crippen LogP contribution in [0.3, 0.4) is 0 Å². The summed E-state index contributed by atoms with van der Waals surface area (Å²) in [6.45, 7) is 0. The Morgan fingerprint density at radius 2 is 2.29 bits per heavy atom. The summed E-state index contributed by atoms with van der Waals surface area (Å²) in [6, 6.07) is 6.19. The van der Waals surface area contributed by atoms with Crippen molar-refractivity contribution in [3.63, 3.8) is 0 Å². The lowest BCUT2D eigenvalue weighted by atomic mass is 9.90. The lowest BCUT2D eigenvalue weighted by Gasteiger charge is -2.16. The van der Waals surface area contributed by atoms with Gasteiger partial charge >= 0.3 is 0 Å². The van der Waals surface area contributed by atoms with Gasteiger partial charge in [0.1, 0.15) is 5.82 Å².